The van der Waals surface area contributed by atoms with Gasteiger partial charge in [0.15, 0.2) is 0 Å². The average molecular weight is 217 g/mol. The summed E-state index contributed by atoms with van der Waals surface area (Å²) in [6.07, 6.45) is -0.0429. The van der Waals surface area contributed by atoms with Gasteiger partial charge in [0, 0.05) is 19.6 Å². The van der Waals surface area contributed by atoms with E-state index in [-0.39, 0.29) is 6.17 Å². The van der Waals surface area contributed by atoms with E-state index in [9.17, 15) is 0 Å². The van der Waals surface area contributed by atoms with Crippen molar-refractivity contribution >= 4 is 11.5 Å². The van der Waals surface area contributed by atoms with Crippen LogP contribution in [0, 0.1) is 5.41 Å². The molecule has 0 bridgehead atoms. The summed E-state index contributed by atoms with van der Waals surface area (Å²) >= 11 is 0. The number of anilines is 1. The maximum absolute atomic E-state index is 8.15. The van der Waals surface area contributed by atoms with Crippen molar-refractivity contribution in [1.29, 1.82) is 5.41 Å². The number of hydrogen-bond donors (Lipinski definition) is 4. The van der Waals surface area contributed by atoms with Crippen LogP contribution in [0.2, 0.25) is 0 Å². The van der Waals surface area contributed by atoms with Crippen LogP contribution in [0.1, 0.15) is 5.56 Å². The molecular weight excluding hydrogens is 202 g/mol. The molecule has 0 amide bonds. The first-order valence-electron chi connectivity index (χ1n) is 5.53. The number of nitrogens with one attached hydrogen (secondary N) is 4. The van der Waals surface area contributed by atoms with Gasteiger partial charge in [0.2, 0.25) is 0 Å². The molecule has 84 valence electrons. The lowest BCUT2D eigenvalue weighted by Gasteiger charge is -2.24. The Morgan fingerprint density at radius 2 is 2.00 bits per heavy atom. The normalized spacial score (nSPS) is 20.1. The Balaban J connectivity index is 1.84. The molecule has 1 aromatic carbocycles. The van der Waals surface area contributed by atoms with Crippen molar-refractivity contribution in [2.24, 2.45) is 0 Å². The fraction of sp³-hybridized carbons (Fsp3) is 0.364. The van der Waals surface area contributed by atoms with E-state index in [0.29, 0.717) is 5.84 Å². The van der Waals surface area contributed by atoms with Crippen LogP contribution in [-0.4, -0.2) is 25.1 Å². The third-order valence-corrected chi connectivity index (χ3v) is 3.00. The Kier molecular flexibility index (Phi) is 2.36. The van der Waals surface area contributed by atoms with Crippen LogP contribution < -0.4 is 21.1 Å². The van der Waals surface area contributed by atoms with Gasteiger partial charge in [0.1, 0.15) is 12.0 Å². The highest BCUT2D eigenvalue weighted by Crippen LogP contribution is 2.24. The van der Waals surface area contributed by atoms with Gasteiger partial charge in [0.05, 0.1) is 5.69 Å². The minimum absolute atomic E-state index is 0.0429. The lowest BCUT2D eigenvalue weighted by Crippen LogP contribution is -2.51. The van der Waals surface area contributed by atoms with Crippen molar-refractivity contribution in [2.45, 2.75) is 12.7 Å². The molecule has 2 heterocycles. The molecule has 0 saturated carbocycles. The number of benzene rings is 1. The number of para-hydroxylation sites is 1. The van der Waals surface area contributed by atoms with Crippen molar-refractivity contribution < 1.29 is 0 Å². The van der Waals surface area contributed by atoms with Gasteiger partial charge in [-0.15, -0.1) is 0 Å². The zero-order valence-corrected chi connectivity index (χ0v) is 8.96. The summed E-state index contributed by atoms with van der Waals surface area (Å²) < 4.78 is 0. The van der Waals surface area contributed by atoms with Gasteiger partial charge in [-0.25, -0.2) is 5.43 Å². The van der Waals surface area contributed by atoms with Crippen molar-refractivity contribution in [3.63, 3.8) is 0 Å². The SMILES string of the molecule is N=C(C1NCCN1)N1NCc2ccccc21. The van der Waals surface area contributed by atoms with E-state index in [2.05, 4.69) is 22.1 Å². The van der Waals surface area contributed by atoms with Gasteiger partial charge in [-0.3, -0.25) is 21.1 Å². The second-order valence-electron chi connectivity index (χ2n) is 4.03. The topological polar surface area (TPSA) is 63.2 Å². The van der Waals surface area contributed by atoms with E-state index in [4.69, 9.17) is 5.41 Å². The molecule has 0 atom stereocenters. The first-order chi connectivity index (χ1) is 7.86. The molecule has 0 radical (unpaired) electrons. The molecule has 2 aliphatic rings. The Morgan fingerprint density at radius 3 is 2.81 bits per heavy atom. The van der Waals surface area contributed by atoms with E-state index in [1.807, 2.05) is 23.2 Å². The van der Waals surface area contributed by atoms with E-state index in [1.165, 1.54) is 5.56 Å². The maximum Gasteiger partial charge on any atom is 0.148 e. The van der Waals surface area contributed by atoms with Gasteiger partial charge < -0.3 is 0 Å². The predicted octanol–water partition coefficient (Wildman–Crippen LogP) is 0.00737. The summed E-state index contributed by atoms with van der Waals surface area (Å²) in [6, 6.07) is 8.16. The molecule has 2 aliphatic heterocycles. The Morgan fingerprint density at radius 1 is 1.25 bits per heavy atom. The van der Waals surface area contributed by atoms with Gasteiger partial charge in [-0.05, 0) is 11.6 Å². The Bertz CT molecular complexity index is 411. The predicted molar refractivity (Wildman–Crippen MR) is 63.3 cm³/mol. The molecule has 0 spiro atoms. The number of hydrogen-bond acceptors (Lipinski definition) is 4. The van der Waals surface area contributed by atoms with Gasteiger partial charge >= 0.3 is 0 Å². The molecule has 5 heteroatoms. The molecule has 4 N–H and O–H groups in total. The van der Waals surface area contributed by atoms with E-state index < -0.39 is 0 Å². The first kappa shape index (κ1) is 9.77. The first-order valence-corrected chi connectivity index (χ1v) is 5.53. The largest absolute Gasteiger partial charge is 0.294 e. The molecule has 1 aromatic rings. The summed E-state index contributed by atoms with van der Waals surface area (Å²) in [6.45, 7) is 2.64. The molecule has 1 fully saturated rings. The van der Waals surface area contributed by atoms with Gasteiger partial charge in [0.25, 0.3) is 0 Å². The zero-order valence-electron chi connectivity index (χ0n) is 8.96. The lowest BCUT2D eigenvalue weighted by atomic mass is 10.2. The van der Waals surface area contributed by atoms with Crippen molar-refractivity contribution in [3.05, 3.63) is 29.8 Å². The minimum atomic E-state index is -0.0429. The Labute approximate surface area is 94.3 Å². The molecular formula is C11H15N5. The average Bonchev–Trinajstić information content (AvgIpc) is 2.98. The second kappa shape index (κ2) is 3.86. The van der Waals surface area contributed by atoms with E-state index in [0.717, 1.165) is 25.3 Å². The van der Waals surface area contributed by atoms with Gasteiger partial charge in [-0.2, -0.15) is 0 Å². The number of nitrogens with zero attached hydrogens (tertiary/aromatic N) is 1. The summed E-state index contributed by atoms with van der Waals surface area (Å²) in [4.78, 5) is 0. The zero-order chi connectivity index (χ0) is 11.0. The van der Waals surface area contributed by atoms with Crippen LogP contribution in [0.4, 0.5) is 5.69 Å². The quantitative estimate of drug-likeness (QED) is 0.395. The third kappa shape index (κ3) is 1.49. The fourth-order valence-corrected chi connectivity index (χ4v) is 2.17. The number of amidine groups is 1. The van der Waals surface area contributed by atoms with Crippen LogP contribution in [0.15, 0.2) is 24.3 Å². The molecule has 16 heavy (non-hydrogen) atoms. The van der Waals surface area contributed by atoms with Crippen LogP contribution in [0.5, 0.6) is 0 Å². The van der Waals surface area contributed by atoms with Crippen molar-refractivity contribution in [3.8, 4) is 0 Å². The van der Waals surface area contributed by atoms with Gasteiger partial charge in [-0.1, -0.05) is 18.2 Å². The van der Waals surface area contributed by atoms with Crippen LogP contribution >= 0.6 is 0 Å². The van der Waals surface area contributed by atoms with Crippen molar-refractivity contribution in [1.82, 2.24) is 16.1 Å². The molecule has 1 saturated heterocycles. The molecule has 0 aliphatic carbocycles. The van der Waals surface area contributed by atoms with E-state index >= 15 is 0 Å². The molecule has 3 rings (SSSR count). The summed E-state index contributed by atoms with van der Waals surface area (Å²) in [7, 11) is 0. The van der Waals surface area contributed by atoms with E-state index in [1.54, 1.807) is 0 Å². The highest BCUT2D eigenvalue weighted by Gasteiger charge is 2.28. The highest BCUT2D eigenvalue weighted by atomic mass is 15.6. The molecule has 0 aromatic heterocycles. The fourth-order valence-electron chi connectivity index (χ4n) is 2.17. The Hall–Kier alpha value is -1.43. The van der Waals surface area contributed by atoms with Crippen LogP contribution in [-0.2, 0) is 6.54 Å². The number of hydrazine groups is 1. The third-order valence-electron chi connectivity index (χ3n) is 3.00. The standard InChI is InChI=1S/C11H15N5/c12-10(11-13-5-6-14-11)16-9-4-2-1-3-8(9)7-15-16/h1-4,11-15H,5-7H2. The second-order valence-corrected chi connectivity index (χ2v) is 4.03. The highest BCUT2D eigenvalue weighted by molar-refractivity contribution is 5.99. The monoisotopic (exact) mass is 217 g/mol. The van der Waals surface area contributed by atoms with Crippen molar-refractivity contribution in [2.75, 3.05) is 18.1 Å². The lowest BCUT2D eigenvalue weighted by molar-refractivity contribution is 0.660. The molecule has 0 unspecified atom stereocenters. The number of fused-ring (bicyclic) bond motifs is 1. The van der Waals surface area contributed by atoms with Crippen LogP contribution in [0.25, 0.3) is 0 Å². The molecule has 5 nitrogen and oxygen atoms in total. The summed E-state index contributed by atoms with van der Waals surface area (Å²) in [5, 5.41) is 16.5. The number of rotatable bonds is 1. The van der Waals surface area contributed by atoms with Crippen LogP contribution in [0.3, 0.4) is 0 Å². The summed E-state index contributed by atoms with van der Waals surface area (Å²) in [5.74, 6) is 0.530. The maximum atomic E-state index is 8.15. The minimum Gasteiger partial charge on any atom is -0.294 e. The smallest absolute Gasteiger partial charge is 0.148 e. The summed E-state index contributed by atoms with van der Waals surface area (Å²) in [5.41, 5.74) is 5.55.